The van der Waals surface area contributed by atoms with Gasteiger partial charge in [-0.05, 0) is 18.6 Å². The minimum Gasteiger partial charge on any atom is -0.312 e. The van der Waals surface area contributed by atoms with Crippen molar-refractivity contribution in [3.05, 3.63) is 72.8 Å². The number of hydrogen-bond donors (Lipinski definition) is 0. The van der Waals surface area contributed by atoms with Crippen molar-refractivity contribution in [2.45, 2.75) is 24.5 Å². The van der Waals surface area contributed by atoms with E-state index in [1.54, 1.807) is 23.1 Å². The third kappa shape index (κ3) is 4.21. The van der Waals surface area contributed by atoms with E-state index in [9.17, 15) is 9.59 Å². The zero-order valence-corrected chi connectivity index (χ0v) is 17.3. The molecule has 0 saturated carbocycles. The Kier molecular flexibility index (Phi) is 6.09. The van der Waals surface area contributed by atoms with Crippen molar-refractivity contribution < 1.29 is 9.59 Å². The monoisotopic (exact) mass is 418 g/mol. The van der Waals surface area contributed by atoms with E-state index in [1.165, 1.54) is 11.8 Å². The van der Waals surface area contributed by atoms with Crippen LogP contribution in [0.4, 0.5) is 5.69 Å². The Morgan fingerprint density at radius 1 is 1.13 bits per heavy atom. The van der Waals surface area contributed by atoms with Crippen LogP contribution in [0.5, 0.6) is 0 Å². The number of anilines is 1. The van der Waals surface area contributed by atoms with Crippen molar-refractivity contribution in [2.24, 2.45) is 0 Å². The maximum atomic E-state index is 12.8. The Labute approximate surface area is 179 Å². The normalized spacial score (nSPS) is 13.6. The number of carbonyl (C=O) groups excluding carboxylic acids is 2. The Morgan fingerprint density at radius 2 is 1.97 bits per heavy atom. The zero-order valence-electron chi connectivity index (χ0n) is 16.5. The first-order valence-corrected chi connectivity index (χ1v) is 10.8. The summed E-state index contributed by atoms with van der Waals surface area (Å²) in [7, 11) is 0. The van der Waals surface area contributed by atoms with Crippen LogP contribution < -0.4 is 4.90 Å². The zero-order chi connectivity index (χ0) is 20.9. The molecule has 2 aromatic carbocycles. The summed E-state index contributed by atoms with van der Waals surface area (Å²) in [5.74, 6) is 1.09. The highest BCUT2D eigenvalue weighted by Gasteiger charge is 2.22. The summed E-state index contributed by atoms with van der Waals surface area (Å²) in [6.07, 6.45) is 3.21. The number of hydrogen-bond acceptors (Lipinski definition) is 5. The predicted molar refractivity (Wildman–Crippen MR) is 119 cm³/mol. The molecule has 1 saturated heterocycles. The molecule has 0 atom stereocenters. The molecule has 152 valence electrons. The van der Waals surface area contributed by atoms with E-state index in [0.717, 1.165) is 23.5 Å². The molecule has 0 bridgehead atoms. The minimum absolute atomic E-state index is 0.0112. The van der Waals surface area contributed by atoms with E-state index in [4.69, 9.17) is 0 Å². The van der Waals surface area contributed by atoms with E-state index >= 15 is 0 Å². The number of aromatic nitrogens is 3. The molecule has 1 aliphatic rings. The summed E-state index contributed by atoms with van der Waals surface area (Å²) >= 11 is 1.36. The van der Waals surface area contributed by atoms with Gasteiger partial charge in [-0.3, -0.25) is 14.2 Å². The topological polar surface area (TPSA) is 68.1 Å². The van der Waals surface area contributed by atoms with E-state index in [0.29, 0.717) is 30.2 Å². The first-order chi connectivity index (χ1) is 14.7. The molecule has 4 rings (SSSR count). The molecule has 1 aromatic heterocycles. The number of amides is 1. The lowest BCUT2D eigenvalue weighted by Crippen LogP contribution is -2.23. The van der Waals surface area contributed by atoms with Gasteiger partial charge in [0.2, 0.25) is 5.91 Å². The largest absolute Gasteiger partial charge is 0.312 e. The average Bonchev–Trinajstić information content (AvgIpc) is 3.39. The van der Waals surface area contributed by atoms with E-state index in [-0.39, 0.29) is 17.4 Å². The third-order valence-corrected chi connectivity index (χ3v) is 5.91. The van der Waals surface area contributed by atoms with Gasteiger partial charge in [0.25, 0.3) is 0 Å². The Balaban J connectivity index is 1.50. The summed E-state index contributed by atoms with van der Waals surface area (Å²) in [6.45, 7) is 5.09. The number of Topliss-reactive ketones (excluding diaryl/α,β-unsaturated/α-hetero) is 1. The van der Waals surface area contributed by atoms with Crippen LogP contribution in [0.25, 0.3) is 11.4 Å². The number of ketones is 1. The van der Waals surface area contributed by atoms with Gasteiger partial charge in [0, 0.05) is 36.3 Å². The van der Waals surface area contributed by atoms with Gasteiger partial charge in [-0.1, -0.05) is 60.3 Å². The molecule has 3 aromatic rings. The van der Waals surface area contributed by atoms with E-state index < -0.39 is 0 Å². The summed E-state index contributed by atoms with van der Waals surface area (Å²) in [5.41, 5.74) is 2.35. The molecule has 6 nitrogen and oxygen atoms in total. The van der Waals surface area contributed by atoms with Gasteiger partial charge >= 0.3 is 0 Å². The van der Waals surface area contributed by atoms with Gasteiger partial charge in [-0.25, -0.2) is 0 Å². The second-order valence-electron chi connectivity index (χ2n) is 6.98. The van der Waals surface area contributed by atoms with Gasteiger partial charge in [0.15, 0.2) is 16.8 Å². The highest BCUT2D eigenvalue weighted by Crippen LogP contribution is 2.26. The second-order valence-corrected chi connectivity index (χ2v) is 7.93. The Bertz CT molecular complexity index is 1080. The predicted octanol–water partition coefficient (Wildman–Crippen LogP) is 4.23. The van der Waals surface area contributed by atoms with E-state index in [2.05, 4.69) is 16.8 Å². The SMILES string of the molecule is C=CCn1c(SCC(=O)c2cccc(N3CCCC3=O)c2)nnc1-c1ccccc1. The van der Waals surface area contributed by atoms with Crippen LogP contribution in [0.2, 0.25) is 0 Å². The van der Waals surface area contributed by atoms with Crippen molar-refractivity contribution in [1.82, 2.24) is 14.8 Å². The van der Waals surface area contributed by atoms with Crippen molar-refractivity contribution in [2.75, 3.05) is 17.2 Å². The summed E-state index contributed by atoms with van der Waals surface area (Å²) in [4.78, 5) is 26.6. The Morgan fingerprint density at radius 3 is 2.70 bits per heavy atom. The number of rotatable bonds is 8. The molecule has 0 spiro atoms. The molecular weight excluding hydrogens is 396 g/mol. The van der Waals surface area contributed by atoms with Crippen LogP contribution in [0.1, 0.15) is 23.2 Å². The fraction of sp³-hybridized carbons (Fsp3) is 0.217. The maximum Gasteiger partial charge on any atom is 0.227 e. The summed E-state index contributed by atoms with van der Waals surface area (Å²) < 4.78 is 1.96. The summed E-state index contributed by atoms with van der Waals surface area (Å²) in [5, 5.41) is 9.28. The molecule has 0 aliphatic carbocycles. The standard InChI is InChI=1S/C23H22N4O2S/c1-2-13-27-22(17-8-4-3-5-9-17)24-25-23(27)30-16-20(28)18-10-6-11-19(15-18)26-14-7-12-21(26)29/h2-6,8-11,15H,1,7,12-14,16H2. The van der Waals surface area contributed by atoms with Gasteiger partial charge in [0.05, 0.1) is 5.75 Å². The number of carbonyl (C=O) groups is 2. The highest BCUT2D eigenvalue weighted by atomic mass is 32.2. The van der Waals surface area contributed by atoms with Crippen LogP contribution in [0.3, 0.4) is 0 Å². The Hall–Kier alpha value is -3.19. The lowest BCUT2D eigenvalue weighted by Gasteiger charge is -2.16. The lowest BCUT2D eigenvalue weighted by atomic mass is 10.1. The number of allylic oxidation sites excluding steroid dienone is 1. The van der Waals surface area contributed by atoms with Crippen molar-refractivity contribution >= 4 is 29.1 Å². The average molecular weight is 419 g/mol. The van der Waals surface area contributed by atoms with Gasteiger partial charge < -0.3 is 4.90 Å². The quantitative estimate of drug-likeness (QED) is 0.311. The number of benzene rings is 2. The van der Waals surface area contributed by atoms with Gasteiger partial charge in [-0.2, -0.15) is 0 Å². The first-order valence-electron chi connectivity index (χ1n) is 9.83. The van der Waals surface area contributed by atoms with Crippen molar-refractivity contribution in [3.63, 3.8) is 0 Å². The van der Waals surface area contributed by atoms with Crippen molar-refractivity contribution in [1.29, 1.82) is 0 Å². The van der Waals surface area contributed by atoms with Gasteiger partial charge in [-0.15, -0.1) is 16.8 Å². The molecule has 0 N–H and O–H groups in total. The van der Waals surface area contributed by atoms with Crippen LogP contribution in [-0.4, -0.2) is 38.8 Å². The van der Waals surface area contributed by atoms with Gasteiger partial charge in [0.1, 0.15) is 0 Å². The molecule has 0 radical (unpaired) electrons. The van der Waals surface area contributed by atoms with Crippen LogP contribution >= 0.6 is 11.8 Å². The molecule has 0 unspecified atom stereocenters. The summed E-state index contributed by atoms with van der Waals surface area (Å²) in [6, 6.07) is 17.1. The molecule has 2 heterocycles. The highest BCUT2D eigenvalue weighted by molar-refractivity contribution is 7.99. The van der Waals surface area contributed by atoms with E-state index in [1.807, 2.05) is 47.0 Å². The smallest absolute Gasteiger partial charge is 0.227 e. The lowest BCUT2D eigenvalue weighted by molar-refractivity contribution is -0.117. The molecule has 1 amide bonds. The van der Waals surface area contributed by atoms with Crippen LogP contribution in [-0.2, 0) is 11.3 Å². The molecule has 30 heavy (non-hydrogen) atoms. The van der Waals surface area contributed by atoms with Crippen molar-refractivity contribution in [3.8, 4) is 11.4 Å². The van der Waals surface area contributed by atoms with Crippen LogP contribution in [0, 0.1) is 0 Å². The number of nitrogens with zero attached hydrogens (tertiary/aromatic N) is 4. The number of thioether (sulfide) groups is 1. The first kappa shape index (κ1) is 20.1. The fourth-order valence-corrected chi connectivity index (χ4v) is 4.31. The molecule has 7 heteroatoms. The maximum absolute atomic E-state index is 12.8. The molecular formula is C23H22N4O2S. The second kappa shape index (κ2) is 9.09. The molecule has 1 aliphatic heterocycles. The fourth-order valence-electron chi connectivity index (χ4n) is 3.47. The van der Waals surface area contributed by atoms with Crippen LogP contribution in [0.15, 0.2) is 72.4 Å². The molecule has 1 fully saturated rings. The minimum atomic E-state index is -0.0112. The third-order valence-electron chi connectivity index (χ3n) is 4.95.